The number of hydrogen-bond donors (Lipinski definition) is 4. The molecule has 0 aliphatic carbocycles. The number of para-hydroxylation sites is 1. The van der Waals surface area contributed by atoms with Gasteiger partial charge in [-0.05, 0) is 91.6 Å². The Kier molecular flexibility index (Phi) is 17.0. The van der Waals surface area contributed by atoms with E-state index >= 15 is 0 Å². The molecular formula is C56H67N9O9S. The third-order valence-electron chi connectivity index (χ3n) is 14.5. The van der Waals surface area contributed by atoms with Crippen molar-refractivity contribution < 1.29 is 43.3 Å². The molecule has 9 rings (SSSR count). The first-order valence-corrected chi connectivity index (χ1v) is 26.8. The van der Waals surface area contributed by atoms with E-state index in [1.807, 2.05) is 86.6 Å². The summed E-state index contributed by atoms with van der Waals surface area (Å²) in [6.45, 7) is 12.2. The summed E-state index contributed by atoms with van der Waals surface area (Å²) in [5.74, 6) is -0.244. The Morgan fingerprint density at radius 3 is 2.31 bits per heavy atom. The van der Waals surface area contributed by atoms with Crippen molar-refractivity contribution in [3.8, 4) is 39.1 Å². The number of ether oxygens (including phenoxy) is 3. The lowest BCUT2D eigenvalue weighted by molar-refractivity contribution is -0.141. The SMILES string of the molecule is Cc1ncsc1-c1ccc([C@H](C)NC(=O)[C@@H]2C[C@@H](O)CN2C(=O)[C@@H](c2cc(OCCN3CCC(OC4CCN(C(=O)c5ccc(CCOc6cc(-c7ccccc7O)nnc6N)cc5)CC4)CC3)no2)C(C)C)cc1. The fourth-order valence-electron chi connectivity index (χ4n) is 10.2. The molecule has 3 fully saturated rings. The number of nitrogen functional groups attached to an aromatic ring is 1. The molecule has 18 nitrogen and oxygen atoms in total. The molecule has 0 radical (unpaired) electrons. The van der Waals surface area contributed by atoms with Crippen LogP contribution in [0.25, 0.3) is 21.7 Å². The summed E-state index contributed by atoms with van der Waals surface area (Å²) in [6.07, 6.45) is 3.54. The second-order valence-electron chi connectivity index (χ2n) is 20.1. The quantitative estimate of drug-likeness (QED) is 0.0628. The van der Waals surface area contributed by atoms with Crippen molar-refractivity contribution >= 4 is 34.9 Å². The Bertz CT molecular complexity index is 2880. The molecule has 0 saturated carbocycles. The van der Waals surface area contributed by atoms with Crippen LogP contribution in [0, 0.1) is 12.8 Å². The van der Waals surface area contributed by atoms with E-state index in [4.69, 9.17) is 24.5 Å². The number of phenolic OH excluding ortho intramolecular Hbond substituents is 1. The van der Waals surface area contributed by atoms with Gasteiger partial charge in [0.1, 0.15) is 30.0 Å². The molecule has 3 aromatic carbocycles. The third kappa shape index (κ3) is 13.0. The van der Waals surface area contributed by atoms with Gasteiger partial charge in [0.15, 0.2) is 17.3 Å². The van der Waals surface area contributed by atoms with E-state index in [0.717, 1.165) is 66.0 Å². The molecule has 6 aromatic rings. The molecule has 6 heterocycles. The Morgan fingerprint density at radius 1 is 0.893 bits per heavy atom. The lowest BCUT2D eigenvalue weighted by atomic mass is 9.91. The number of aliphatic hydroxyl groups excluding tert-OH is 1. The summed E-state index contributed by atoms with van der Waals surface area (Å²) < 4.78 is 24.3. The summed E-state index contributed by atoms with van der Waals surface area (Å²) >= 11 is 1.59. The summed E-state index contributed by atoms with van der Waals surface area (Å²) in [4.78, 5) is 52.6. The predicted octanol–water partition coefficient (Wildman–Crippen LogP) is 7.22. The first-order chi connectivity index (χ1) is 36.3. The second kappa shape index (κ2) is 24.2. The van der Waals surface area contributed by atoms with Gasteiger partial charge in [-0.2, -0.15) is 0 Å². The number of aromatic nitrogens is 4. The average molecular weight is 1040 g/mol. The Morgan fingerprint density at radius 2 is 1.61 bits per heavy atom. The number of thiazole rings is 1. The average Bonchev–Trinajstić information content (AvgIpc) is 4.18. The van der Waals surface area contributed by atoms with Gasteiger partial charge in [0, 0.05) is 75.4 Å². The fourth-order valence-corrected chi connectivity index (χ4v) is 11.0. The predicted molar refractivity (Wildman–Crippen MR) is 283 cm³/mol. The molecule has 0 bridgehead atoms. The van der Waals surface area contributed by atoms with E-state index in [0.29, 0.717) is 73.5 Å². The lowest BCUT2D eigenvalue weighted by Gasteiger charge is -2.37. The molecule has 3 amide bonds. The van der Waals surface area contributed by atoms with E-state index in [9.17, 15) is 24.6 Å². The number of rotatable bonds is 19. The highest BCUT2D eigenvalue weighted by Gasteiger charge is 2.43. The van der Waals surface area contributed by atoms with Gasteiger partial charge in [-0.3, -0.25) is 19.3 Å². The van der Waals surface area contributed by atoms with Gasteiger partial charge in [-0.1, -0.05) is 62.4 Å². The van der Waals surface area contributed by atoms with Gasteiger partial charge in [-0.25, -0.2) is 4.98 Å². The molecule has 0 spiro atoms. The van der Waals surface area contributed by atoms with Crippen LogP contribution >= 0.6 is 11.3 Å². The highest BCUT2D eigenvalue weighted by atomic mass is 32.1. The smallest absolute Gasteiger partial charge is 0.254 e. The van der Waals surface area contributed by atoms with Crippen LogP contribution in [0.5, 0.6) is 17.4 Å². The molecule has 396 valence electrons. The maximum atomic E-state index is 14.2. The molecule has 19 heteroatoms. The van der Waals surface area contributed by atoms with Crippen LogP contribution in [0.1, 0.15) is 97.8 Å². The van der Waals surface area contributed by atoms with Crippen LogP contribution in [0.4, 0.5) is 5.82 Å². The monoisotopic (exact) mass is 1040 g/mol. The van der Waals surface area contributed by atoms with E-state index in [2.05, 4.69) is 30.6 Å². The number of aliphatic hydroxyl groups is 1. The molecule has 75 heavy (non-hydrogen) atoms. The molecule has 0 unspecified atom stereocenters. The molecule has 4 atom stereocenters. The third-order valence-corrected chi connectivity index (χ3v) is 15.5. The molecular weight excluding hydrogens is 975 g/mol. The number of benzene rings is 3. The maximum Gasteiger partial charge on any atom is 0.254 e. The molecule has 3 aliphatic rings. The first-order valence-electron chi connectivity index (χ1n) is 26.0. The number of piperidine rings is 2. The second-order valence-corrected chi connectivity index (χ2v) is 21.0. The number of nitrogens with two attached hydrogens (primary N) is 1. The van der Waals surface area contributed by atoms with Crippen molar-refractivity contribution in [2.75, 3.05) is 58.2 Å². The maximum absolute atomic E-state index is 14.2. The van der Waals surface area contributed by atoms with Crippen LogP contribution in [0.3, 0.4) is 0 Å². The van der Waals surface area contributed by atoms with E-state index in [-0.39, 0.29) is 66.4 Å². The van der Waals surface area contributed by atoms with Crippen molar-refractivity contribution in [2.45, 2.75) is 103 Å². The topological polar surface area (TPSA) is 232 Å². The van der Waals surface area contributed by atoms with Gasteiger partial charge < -0.3 is 49.8 Å². The van der Waals surface area contributed by atoms with Crippen LogP contribution in [-0.2, 0) is 20.7 Å². The minimum atomic E-state index is -0.836. The fraction of sp³-hybridized carbons (Fsp3) is 0.446. The van der Waals surface area contributed by atoms with Gasteiger partial charge in [0.2, 0.25) is 11.8 Å². The zero-order chi connectivity index (χ0) is 52.6. The highest BCUT2D eigenvalue weighted by Crippen LogP contribution is 2.35. The number of carbonyl (C=O) groups excluding carboxylic acids is 3. The number of likely N-dealkylation sites (tertiary alicyclic amines) is 3. The number of nitrogens with one attached hydrogen (secondary N) is 1. The summed E-state index contributed by atoms with van der Waals surface area (Å²) in [7, 11) is 0. The molecule has 3 aromatic heterocycles. The van der Waals surface area contributed by atoms with Crippen LogP contribution in [0.15, 0.2) is 95.0 Å². The molecule has 3 saturated heterocycles. The standard InChI is InChI=1S/C56H67N9O9S/c1-34(2)51(56(70)65-32-41(66)29-46(65)54(68)59-35(3)38-13-15-39(16-14-38)52-36(4)58-33-75-52)48-31-50(62-74-48)72-28-26-63-22-17-42(18-23-63)73-43-19-24-64(25-20-43)55(69)40-11-9-37(10-12-40)21-27-71-49-30-45(60-61-53(49)57)44-7-5-6-8-47(44)67/h5-16,30-31,33-35,41-43,46,51,66-67H,17-29,32H2,1-4H3,(H2,57,61)(H,59,68)/t35-,41+,46-,51+/m0/s1. The number of amides is 3. The normalized spacial score (nSPS) is 18.5. The van der Waals surface area contributed by atoms with Crippen LogP contribution in [-0.4, -0.2) is 140 Å². The number of β-amino-alcohol motifs (C(OH)–C–C–N with tert-alkyl or cyclic N) is 1. The number of anilines is 1. The molecule has 3 aliphatic heterocycles. The lowest BCUT2D eigenvalue weighted by Crippen LogP contribution is -2.48. The number of carbonyl (C=O) groups is 3. The van der Waals surface area contributed by atoms with E-state index in [1.54, 1.807) is 47.7 Å². The largest absolute Gasteiger partial charge is 0.507 e. The van der Waals surface area contributed by atoms with Crippen LogP contribution in [0.2, 0.25) is 0 Å². The van der Waals surface area contributed by atoms with Gasteiger partial charge in [-0.15, -0.1) is 21.5 Å². The van der Waals surface area contributed by atoms with Gasteiger partial charge in [0.05, 0.1) is 47.0 Å². The number of aryl methyl sites for hydroxylation is 1. The minimum absolute atomic E-state index is 0.0129. The zero-order valence-electron chi connectivity index (χ0n) is 43.0. The minimum Gasteiger partial charge on any atom is -0.507 e. The van der Waals surface area contributed by atoms with E-state index < -0.39 is 18.1 Å². The van der Waals surface area contributed by atoms with Gasteiger partial charge >= 0.3 is 0 Å². The first kappa shape index (κ1) is 52.9. The molecule has 5 N–H and O–H groups in total. The van der Waals surface area contributed by atoms with Gasteiger partial charge in [0.25, 0.3) is 11.8 Å². The van der Waals surface area contributed by atoms with E-state index in [1.165, 1.54) is 4.90 Å². The van der Waals surface area contributed by atoms with Crippen molar-refractivity contribution in [1.82, 2.24) is 40.4 Å². The summed E-state index contributed by atoms with van der Waals surface area (Å²) in [6, 6.07) is 24.7. The zero-order valence-corrected chi connectivity index (χ0v) is 43.8. The van der Waals surface area contributed by atoms with Crippen molar-refractivity contribution in [3.63, 3.8) is 0 Å². The summed E-state index contributed by atoms with van der Waals surface area (Å²) in [5, 5.41) is 36.3. The number of hydrogen-bond acceptors (Lipinski definition) is 16. The number of nitrogens with zero attached hydrogens (tertiary/aromatic N) is 7. The van der Waals surface area contributed by atoms with Crippen molar-refractivity contribution in [2.24, 2.45) is 5.92 Å². The van der Waals surface area contributed by atoms with Crippen molar-refractivity contribution in [1.29, 1.82) is 0 Å². The number of aromatic hydroxyl groups is 1. The highest BCUT2D eigenvalue weighted by molar-refractivity contribution is 7.13. The summed E-state index contributed by atoms with van der Waals surface area (Å²) in [5.41, 5.74) is 13.5. The number of phenols is 1. The van der Waals surface area contributed by atoms with Crippen LogP contribution < -0.4 is 20.5 Å². The van der Waals surface area contributed by atoms with Crippen molar-refractivity contribution in [3.05, 3.63) is 119 Å². The Balaban J connectivity index is 0.670. The Labute approximate surface area is 441 Å². The Hall–Kier alpha value is -6.93.